The van der Waals surface area contributed by atoms with Crippen LogP contribution < -0.4 is 0 Å². The van der Waals surface area contributed by atoms with Crippen LogP contribution in [0.2, 0.25) is 0 Å². The van der Waals surface area contributed by atoms with E-state index in [1.54, 1.807) is 13.0 Å². The van der Waals surface area contributed by atoms with Crippen LogP contribution in [-0.4, -0.2) is 6.18 Å². The minimum Gasteiger partial charge on any atom is -0.169 e. The Bertz CT molecular complexity index is 266. The molecule has 0 aliphatic heterocycles. The Kier molecular flexibility index (Phi) is 2.68. The van der Waals surface area contributed by atoms with Gasteiger partial charge in [-0.15, -0.1) is 22.9 Å². The molecule has 1 rings (SSSR count). The smallest absolute Gasteiger partial charge is 0.169 e. The topological polar surface area (TPSA) is 0 Å². The van der Waals surface area contributed by atoms with Crippen molar-refractivity contribution in [1.29, 1.82) is 0 Å². The maximum Gasteiger partial charge on any atom is 0.409 e. The molecule has 1 heterocycles. The molecule has 5 heteroatoms. The van der Waals surface area contributed by atoms with E-state index in [2.05, 4.69) is 0 Å². The number of hydrogen-bond donors (Lipinski definition) is 0. The van der Waals surface area contributed by atoms with Crippen LogP contribution in [0.1, 0.15) is 15.1 Å². The summed E-state index contributed by atoms with van der Waals surface area (Å²) in [5.74, 6) is 0. The van der Waals surface area contributed by atoms with Gasteiger partial charge in [-0.2, -0.15) is 13.2 Å². The van der Waals surface area contributed by atoms with Crippen molar-refractivity contribution >= 4 is 22.9 Å². The van der Waals surface area contributed by atoms with Crippen LogP contribution in [-0.2, 0) is 0 Å². The quantitative estimate of drug-likeness (QED) is 0.622. The summed E-state index contributed by atoms with van der Waals surface area (Å²) in [6.45, 7) is 1.74. The van der Waals surface area contributed by atoms with Crippen LogP contribution in [0.4, 0.5) is 13.2 Å². The van der Waals surface area contributed by atoms with Crippen molar-refractivity contribution < 1.29 is 13.2 Å². The van der Waals surface area contributed by atoms with E-state index in [1.807, 2.05) is 0 Å². The second kappa shape index (κ2) is 3.26. The zero-order valence-corrected chi connectivity index (χ0v) is 7.72. The molecule has 12 heavy (non-hydrogen) atoms. The first-order valence-electron chi connectivity index (χ1n) is 3.18. The third-order valence-corrected chi connectivity index (χ3v) is 2.98. The van der Waals surface area contributed by atoms with Gasteiger partial charge in [-0.25, -0.2) is 0 Å². The Morgan fingerprint density at radius 1 is 1.42 bits per heavy atom. The van der Waals surface area contributed by atoms with E-state index in [1.165, 1.54) is 6.07 Å². The van der Waals surface area contributed by atoms with Crippen molar-refractivity contribution in [3.63, 3.8) is 0 Å². The Labute approximate surface area is 77.0 Å². The first-order chi connectivity index (χ1) is 5.41. The first-order valence-corrected chi connectivity index (χ1v) is 4.43. The average molecular weight is 215 g/mol. The summed E-state index contributed by atoms with van der Waals surface area (Å²) in [5, 5.41) is -1.86. The van der Waals surface area contributed by atoms with Crippen LogP contribution in [0.5, 0.6) is 0 Å². The minimum atomic E-state index is -4.35. The molecule has 68 valence electrons. The second-order valence-corrected chi connectivity index (χ2v) is 4.11. The molecule has 0 amide bonds. The van der Waals surface area contributed by atoms with Crippen molar-refractivity contribution in [3.8, 4) is 0 Å². The van der Waals surface area contributed by atoms with Gasteiger partial charge in [0.15, 0.2) is 5.38 Å². The summed E-state index contributed by atoms with van der Waals surface area (Å²) in [6.07, 6.45) is -4.35. The maximum atomic E-state index is 12.0. The van der Waals surface area contributed by atoms with E-state index in [0.717, 1.165) is 16.2 Å². The van der Waals surface area contributed by atoms with E-state index in [0.29, 0.717) is 0 Å². The van der Waals surface area contributed by atoms with E-state index < -0.39 is 11.6 Å². The van der Waals surface area contributed by atoms with Crippen molar-refractivity contribution in [3.05, 3.63) is 21.9 Å². The number of halogens is 4. The molecular formula is C7H6ClF3S. The Hall–Kier alpha value is -0.220. The molecular weight excluding hydrogens is 209 g/mol. The van der Waals surface area contributed by atoms with Crippen LogP contribution in [0.15, 0.2) is 12.1 Å². The van der Waals surface area contributed by atoms with Gasteiger partial charge in [0.25, 0.3) is 0 Å². The molecule has 0 aliphatic carbocycles. The van der Waals surface area contributed by atoms with Gasteiger partial charge in [0, 0.05) is 9.75 Å². The summed E-state index contributed by atoms with van der Waals surface area (Å²) >= 11 is 6.25. The van der Waals surface area contributed by atoms with Crippen molar-refractivity contribution in [1.82, 2.24) is 0 Å². The number of aryl methyl sites for hydroxylation is 1. The van der Waals surface area contributed by atoms with E-state index >= 15 is 0 Å². The zero-order chi connectivity index (χ0) is 9.35. The van der Waals surface area contributed by atoms with E-state index in [9.17, 15) is 13.2 Å². The van der Waals surface area contributed by atoms with Gasteiger partial charge < -0.3 is 0 Å². The highest BCUT2D eigenvalue weighted by Gasteiger charge is 2.40. The Balaban J connectivity index is 2.85. The molecule has 0 fully saturated rings. The lowest BCUT2D eigenvalue weighted by Gasteiger charge is -2.10. The summed E-state index contributed by atoms with van der Waals surface area (Å²) < 4.78 is 36.1. The number of rotatable bonds is 1. The largest absolute Gasteiger partial charge is 0.409 e. The van der Waals surface area contributed by atoms with E-state index in [-0.39, 0.29) is 4.88 Å². The second-order valence-electron chi connectivity index (χ2n) is 2.35. The fourth-order valence-corrected chi connectivity index (χ4v) is 1.84. The lowest BCUT2D eigenvalue weighted by atomic mass is 10.3. The van der Waals surface area contributed by atoms with Gasteiger partial charge in [-0.05, 0) is 19.1 Å². The SMILES string of the molecule is Cc1ccc(C(Cl)C(F)(F)F)s1. The molecule has 0 radical (unpaired) electrons. The molecule has 0 nitrogen and oxygen atoms in total. The zero-order valence-electron chi connectivity index (χ0n) is 6.15. The highest BCUT2D eigenvalue weighted by molar-refractivity contribution is 7.12. The van der Waals surface area contributed by atoms with Crippen LogP contribution >= 0.6 is 22.9 Å². The molecule has 0 N–H and O–H groups in total. The van der Waals surface area contributed by atoms with Gasteiger partial charge in [0.05, 0.1) is 0 Å². The molecule has 0 bridgehead atoms. The molecule has 1 atom stereocenters. The lowest BCUT2D eigenvalue weighted by molar-refractivity contribution is -0.131. The number of alkyl halides is 4. The lowest BCUT2D eigenvalue weighted by Crippen LogP contribution is -2.14. The Morgan fingerprint density at radius 2 is 2.00 bits per heavy atom. The fraction of sp³-hybridized carbons (Fsp3) is 0.429. The van der Waals surface area contributed by atoms with Crippen molar-refractivity contribution in [2.24, 2.45) is 0 Å². The standard InChI is InChI=1S/C7H6ClF3S/c1-4-2-3-5(12-4)6(8)7(9,10)11/h2-3,6H,1H3. The summed E-state index contributed by atoms with van der Waals surface area (Å²) in [6, 6.07) is 3.03. The summed E-state index contributed by atoms with van der Waals surface area (Å²) in [7, 11) is 0. The predicted octanol–water partition coefficient (Wildman–Crippen LogP) is 3.90. The van der Waals surface area contributed by atoms with Gasteiger partial charge in [-0.3, -0.25) is 0 Å². The first kappa shape index (κ1) is 9.86. The molecule has 0 saturated heterocycles. The molecule has 0 aliphatic rings. The van der Waals surface area contributed by atoms with Gasteiger partial charge in [0.2, 0.25) is 0 Å². The van der Waals surface area contributed by atoms with Crippen molar-refractivity contribution in [2.45, 2.75) is 18.5 Å². The highest BCUT2D eigenvalue weighted by atomic mass is 35.5. The number of thiophene rings is 1. The summed E-state index contributed by atoms with van der Waals surface area (Å²) in [5.41, 5.74) is 0. The van der Waals surface area contributed by atoms with Crippen LogP contribution in [0.3, 0.4) is 0 Å². The molecule has 0 spiro atoms. The minimum absolute atomic E-state index is 0.154. The van der Waals surface area contributed by atoms with Crippen molar-refractivity contribution in [2.75, 3.05) is 0 Å². The molecule has 0 saturated carbocycles. The Morgan fingerprint density at radius 3 is 2.33 bits per heavy atom. The average Bonchev–Trinajstić information content (AvgIpc) is 2.32. The highest BCUT2D eigenvalue weighted by Crippen LogP contribution is 2.40. The fourth-order valence-electron chi connectivity index (χ4n) is 0.751. The normalized spacial score (nSPS) is 14.8. The van der Waals surface area contributed by atoms with Crippen LogP contribution in [0, 0.1) is 6.92 Å². The van der Waals surface area contributed by atoms with Gasteiger partial charge >= 0.3 is 6.18 Å². The molecule has 1 aromatic heterocycles. The van der Waals surface area contributed by atoms with Gasteiger partial charge in [-0.1, -0.05) is 0 Å². The monoisotopic (exact) mass is 214 g/mol. The van der Waals surface area contributed by atoms with Gasteiger partial charge in [0.1, 0.15) is 0 Å². The molecule has 0 aromatic carbocycles. The molecule has 1 aromatic rings. The van der Waals surface area contributed by atoms with E-state index in [4.69, 9.17) is 11.6 Å². The third kappa shape index (κ3) is 2.14. The third-order valence-electron chi connectivity index (χ3n) is 1.30. The number of hydrogen-bond acceptors (Lipinski definition) is 1. The maximum absolute atomic E-state index is 12.0. The summed E-state index contributed by atoms with van der Waals surface area (Å²) in [4.78, 5) is 0.988. The molecule has 1 unspecified atom stereocenters. The van der Waals surface area contributed by atoms with Crippen LogP contribution in [0.25, 0.3) is 0 Å². The predicted molar refractivity (Wildman–Crippen MR) is 43.7 cm³/mol.